The molecule has 0 radical (unpaired) electrons. The van der Waals surface area contributed by atoms with E-state index in [0.717, 1.165) is 60.7 Å². The highest BCUT2D eigenvalue weighted by Crippen LogP contribution is 2.65. The fraction of sp³-hybridized carbons (Fsp3) is 1.00. The van der Waals surface area contributed by atoms with Gasteiger partial charge < -0.3 is 10.2 Å². The van der Waals surface area contributed by atoms with Crippen LogP contribution in [0.2, 0.25) is 0 Å². The van der Waals surface area contributed by atoms with Crippen molar-refractivity contribution in [2.45, 2.75) is 117 Å². The third-order valence-corrected chi connectivity index (χ3v) is 10.7. The summed E-state index contributed by atoms with van der Waals surface area (Å²) in [7, 11) is 0. The average Bonchev–Trinajstić information content (AvgIpc) is 3.01. The maximum atomic E-state index is 10.6. The Labute approximate surface area is 180 Å². The number of aliphatic hydroxyl groups excluding tert-OH is 1. The van der Waals surface area contributed by atoms with Crippen molar-refractivity contribution >= 4 is 0 Å². The van der Waals surface area contributed by atoms with E-state index >= 15 is 0 Å². The van der Waals surface area contributed by atoms with Gasteiger partial charge in [-0.25, -0.2) is 0 Å². The predicted octanol–water partition coefficient (Wildman–Crippen LogP) is 6.44. The van der Waals surface area contributed by atoms with Crippen molar-refractivity contribution in [1.82, 2.24) is 0 Å². The minimum atomic E-state index is -0.397. The molecule has 0 saturated heterocycles. The molecule has 29 heavy (non-hydrogen) atoms. The van der Waals surface area contributed by atoms with Crippen molar-refractivity contribution in [3.05, 3.63) is 0 Å². The first kappa shape index (κ1) is 22.1. The second kappa shape index (κ2) is 8.12. The summed E-state index contributed by atoms with van der Waals surface area (Å²) in [5, 5.41) is 20.9. The monoisotopic (exact) mass is 404 g/mol. The summed E-state index contributed by atoms with van der Waals surface area (Å²) in [5.41, 5.74) is 0.141. The van der Waals surface area contributed by atoms with Crippen molar-refractivity contribution in [1.29, 1.82) is 0 Å². The molecular formula is C27H48O2. The molecule has 0 aliphatic heterocycles. The van der Waals surface area contributed by atoms with Gasteiger partial charge in [0.1, 0.15) is 0 Å². The molecule has 2 N–H and O–H groups in total. The first-order valence-corrected chi connectivity index (χ1v) is 13.0. The summed E-state index contributed by atoms with van der Waals surface area (Å²) in [4.78, 5) is 0. The van der Waals surface area contributed by atoms with Crippen molar-refractivity contribution in [2.24, 2.45) is 52.8 Å². The van der Waals surface area contributed by atoms with E-state index in [9.17, 15) is 10.2 Å². The van der Waals surface area contributed by atoms with Gasteiger partial charge in [0.25, 0.3) is 0 Å². The molecule has 4 saturated carbocycles. The Morgan fingerprint density at radius 1 is 0.828 bits per heavy atom. The Hall–Kier alpha value is -0.0800. The highest BCUT2D eigenvalue weighted by molar-refractivity contribution is 5.07. The van der Waals surface area contributed by atoms with Crippen LogP contribution in [-0.2, 0) is 0 Å². The van der Waals surface area contributed by atoms with Crippen LogP contribution in [0.4, 0.5) is 0 Å². The van der Waals surface area contributed by atoms with Gasteiger partial charge in [0.05, 0.1) is 11.7 Å². The maximum absolute atomic E-state index is 10.6. The SMILES string of the molecule is CC(C)C(O)CC[C@@H](C)C1CCC2C3CCC4C[C@@](C)(O)CCC4C3CCC21C. The molecule has 4 fully saturated rings. The van der Waals surface area contributed by atoms with E-state index in [0.29, 0.717) is 11.3 Å². The van der Waals surface area contributed by atoms with Crippen LogP contribution in [0.25, 0.3) is 0 Å². The molecule has 8 unspecified atom stereocenters. The Kier molecular flexibility index (Phi) is 6.19. The van der Waals surface area contributed by atoms with Crippen molar-refractivity contribution in [3.8, 4) is 0 Å². The summed E-state index contributed by atoms with van der Waals surface area (Å²) in [6, 6.07) is 0. The molecule has 4 aliphatic rings. The normalized spacial score (nSPS) is 49.2. The van der Waals surface area contributed by atoms with Gasteiger partial charge >= 0.3 is 0 Å². The molecule has 0 aromatic carbocycles. The molecule has 0 amide bonds. The minimum Gasteiger partial charge on any atom is -0.393 e. The van der Waals surface area contributed by atoms with Crippen LogP contribution in [0.15, 0.2) is 0 Å². The summed E-state index contributed by atoms with van der Waals surface area (Å²) < 4.78 is 0. The highest BCUT2D eigenvalue weighted by Gasteiger charge is 2.58. The molecule has 0 aromatic heterocycles. The van der Waals surface area contributed by atoms with Crippen LogP contribution >= 0.6 is 0 Å². The summed E-state index contributed by atoms with van der Waals surface area (Å²) in [6.07, 6.45) is 13.9. The fourth-order valence-electron chi connectivity index (χ4n) is 9.03. The van der Waals surface area contributed by atoms with Crippen LogP contribution in [0.5, 0.6) is 0 Å². The van der Waals surface area contributed by atoms with Crippen molar-refractivity contribution in [2.75, 3.05) is 0 Å². The van der Waals surface area contributed by atoms with E-state index in [1.165, 1.54) is 51.4 Å². The van der Waals surface area contributed by atoms with Gasteiger partial charge in [0.15, 0.2) is 0 Å². The Balaban J connectivity index is 1.42. The van der Waals surface area contributed by atoms with E-state index < -0.39 is 5.60 Å². The second-order valence-corrected chi connectivity index (χ2v) is 12.8. The molecule has 4 aliphatic carbocycles. The van der Waals surface area contributed by atoms with E-state index in [1.807, 2.05) is 0 Å². The first-order chi connectivity index (χ1) is 13.6. The van der Waals surface area contributed by atoms with Gasteiger partial charge in [0, 0.05) is 0 Å². The van der Waals surface area contributed by atoms with Crippen LogP contribution in [-0.4, -0.2) is 21.9 Å². The molecule has 10 atom stereocenters. The topological polar surface area (TPSA) is 40.5 Å². The number of rotatable bonds is 5. The standard InChI is InChI=1S/C27H48O2/c1-17(2)25(28)11-6-18(3)23-9-10-24-22-8-7-19-16-26(4,29)14-12-20(19)21(22)13-15-27(23,24)5/h17-25,28-29H,6-16H2,1-5H3/t18-,19?,20?,21?,22?,23?,24?,25?,26+,27?/m1/s1. The number of fused-ring (bicyclic) bond motifs is 5. The molecule has 4 rings (SSSR count). The lowest BCUT2D eigenvalue weighted by molar-refractivity contribution is -0.103. The predicted molar refractivity (Wildman–Crippen MR) is 120 cm³/mol. The molecule has 168 valence electrons. The molecule has 0 bridgehead atoms. The summed E-state index contributed by atoms with van der Waals surface area (Å²) >= 11 is 0. The number of hydrogen-bond donors (Lipinski definition) is 2. The quantitative estimate of drug-likeness (QED) is 0.553. The van der Waals surface area contributed by atoms with Gasteiger partial charge in [0.2, 0.25) is 0 Å². The van der Waals surface area contributed by atoms with Crippen LogP contribution < -0.4 is 0 Å². The first-order valence-electron chi connectivity index (χ1n) is 13.0. The molecule has 0 spiro atoms. The van der Waals surface area contributed by atoms with Crippen LogP contribution in [0.1, 0.15) is 105 Å². The molecule has 0 aromatic rings. The van der Waals surface area contributed by atoms with Crippen molar-refractivity contribution < 1.29 is 10.2 Å². The minimum absolute atomic E-state index is 0.128. The molecule has 0 heterocycles. The number of hydrogen-bond acceptors (Lipinski definition) is 2. The smallest absolute Gasteiger partial charge is 0.0622 e. The van der Waals surface area contributed by atoms with Gasteiger partial charge in [-0.05, 0) is 130 Å². The fourth-order valence-corrected chi connectivity index (χ4v) is 9.03. The lowest BCUT2D eigenvalue weighted by atomic mass is 9.48. The lowest BCUT2D eigenvalue weighted by Crippen LogP contribution is -2.50. The molecule has 2 heteroatoms. The van der Waals surface area contributed by atoms with Crippen LogP contribution in [0.3, 0.4) is 0 Å². The molecule has 2 nitrogen and oxygen atoms in total. The Morgan fingerprint density at radius 3 is 2.28 bits per heavy atom. The average molecular weight is 405 g/mol. The van der Waals surface area contributed by atoms with Gasteiger partial charge in [-0.15, -0.1) is 0 Å². The van der Waals surface area contributed by atoms with E-state index in [2.05, 4.69) is 34.6 Å². The third kappa shape index (κ3) is 4.07. The largest absolute Gasteiger partial charge is 0.393 e. The zero-order chi connectivity index (χ0) is 21.0. The maximum Gasteiger partial charge on any atom is 0.0622 e. The summed E-state index contributed by atoms with van der Waals surface area (Å²) in [6.45, 7) is 11.5. The van der Waals surface area contributed by atoms with Gasteiger partial charge in [-0.2, -0.15) is 0 Å². The lowest BCUT2D eigenvalue weighted by Gasteiger charge is -2.57. The zero-order valence-electron chi connectivity index (χ0n) is 19.9. The van der Waals surface area contributed by atoms with Crippen LogP contribution in [0, 0.1) is 52.8 Å². The second-order valence-electron chi connectivity index (χ2n) is 12.8. The Morgan fingerprint density at radius 2 is 1.55 bits per heavy atom. The van der Waals surface area contributed by atoms with Crippen molar-refractivity contribution in [3.63, 3.8) is 0 Å². The zero-order valence-corrected chi connectivity index (χ0v) is 19.9. The van der Waals surface area contributed by atoms with E-state index in [4.69, 9.17) is 0 Å². The summed E-state index contributed by atoms with van der Waals surface area (Å²) in [5.74, 6) is 6.52. The number of aliphatic hydroxyl groups is 2. The van der Waals surface area contributed by atoms with Gasteiger partial charge in [-0.1, -0.05) is 27.7 Å². The van der Waals surface area contributed by atoms with E-state index in [-0.39, 0.29) is 6.10 Å². The Bertz CT molecular complexity index is 569. The third-order valence-electron chi connectivity index (χ3n) is 10.7. The van der Waals surface area contributed by atoms with E-state index in [1.54, 1.807) is 0 Å². The van der Waals surface area contributed by atoms with Gasteiger partial charge in [-0.3, -0.25) is 0 Å². The highest BCUT2D eigenvalue weighted by atomic mass is 16.3. The molecular weight excluding hydrogens is 356 g/mol.